The molecule has 0 unspecified atom stereocenters. The monoisotopic (exact) mass is 269 g/mol. The van der Waals surface area contributed by atoms with E-state index in [1.165, 1.54) is 5.56 Å². The first-order valence-electron chi connectivity index (χ1n) is 6.34. The Balaban J connectivity index is 1.56. The van der Waals surface area contributed by atoms with Crippen LogP contribution >= 0.6 is 11.3 Å². The summed E-state index contributed by atoms with van der Waals surface area (Å²) in [6.07, 6.45) is 2.91. The van der Waals surface area contributed by atoms with Crippen LogP contribution < -0.4 is 5.32 Å². The van der Waals surface area contributed by atoms with Crippen LogP contribution in [0.5, 0.6) is 0 Å². The number of nitrogens with one attached hydrogen (secondary N) is 1. The van der Waals surface area contributed by atoms with Crippen molar-refractivity contribution in [1.82, 2.24) is 15.3 Å². The summed E-state index contributed by atoms with van der Waals surface area (Å²) in [5.41, 5.74) is 4.29. The van der Waals surface area contributed by atoms with Gasteiger partial charge >= 0.3 is 0 Å². The van der Waals surface area contributed by atoms with Gasteiger partial charge in [-0.25, -0.2) is 4.98 Å². The summed E-state index contributed by atoms with van der Waals surface area (Å²) in [6.45, 7) is 1.73. The molecule has 0 spiro atoms. The molecular formula is C15H15N3S. The Morgan fingerprint density at radius 2 is 2.00 bits per heavy atom. The van der Waals surface area contributed by atoms with Crippen molar-refractivity contribution in [3.05, 3.63) is 58.5 Å². The fourth-order valence-electron chi connectivity index (χ4n) is 1.96. The maximum absolute atomic E-state index is 4.59. The minimum atomic E-state index is 0.766. The lowest BCUT2D eigenvalue weighted by molar-refractivity contribution is 0.675. The SMILES string of the molecule is c1ccc2nc(CNCCc3ccsc3)cnc2c1. The van der Waals surface area contributed by atoms with Crippen LogP contribution in [0.1, 0.15) is 11.3 Å². The van der Waals surface area contributed by atoms with Crippen molar-refractivity contribution in [3.63, 3.8) is 0 Å². The molecule has 0 aliphatic carbocycles. The third kappa shape index (κ3) is 3.16. The van der Waals surface area contributed by atoms with E-state index in [0.717, 1.165) is 36.2 Å². The maximum atomic E-state index is 4.59. The zero-order valence-corrected chi connectivity index (χ0v) is 11.4. The molecule has 3 rings (SSSR count). The molecule has 3 aromatic rings. The molecule has 3 nitrogen and oxygen atoms in total. The second-order valence-corrected chi connectivity index (χ2v) is 5.19. The van der Waals surface area contributed by atoms with Gasteiger partial charge in [0.2, 0.25) is 0 Å². The predicted octanol–water partition coefficient (Wildman–Crippen LogP) is 3.02. The van der Waals surface area contributed by atoms with E-state index in [2.05, 4.69) is 32.1 Å². The molecule has 0 atom stereocenters. The lowest BCUT2D eigenvalue weighted by atomic mass is 10.2. The van der Waals surface area contributed by atoms with Crippen molar-refractivity contribution < 1.29 is 0 Å². The molecule has 2 aromatic heterocycles. The van der Waals surface area contributed by atoms with Gasteiger partial charge in [0.1, 0.15) is 0 Å². The molecule has 1 aromatic carbocycles. The fourth-order valence-corrected chi connectivity index (χ4v) is 2.67. The van der Waals surface area contributed by atoms with Gasteiger partial charge in [0.05, 0.1) is 22.9 Å². The molecule has 0 saturated heterocycles. The van der Waals surface area contributed by atoms with Crippen LogP contribution in [0.4, 0.5) is 0 Å². The Bertz CT molecular complexity index is 649. The zero-order chi connectivity index (χ0) is 12.9. The normalized spacial score (nSPS) is 10.9. The Morgan fingerprint density at radius 3 is 2.84 bits per heavy atom. The standard InChI is InChI=1S/C15H15N3S/c1-2-4-15-14(3-1)17-10-13(18-15)9-16-7-5-12-6-8-19-11-12/h1-4,6,8,10-11,16H,5,7,9H2. The van der Waals surface area contributed by atoms with Gasteiger partial charge in [-0.3, -0.25) is 4.98 Å². The molecule has 19 heavy (non-hydrogen) atoms. The van der Waals surface area contributed by atoms with Gasteiger partial charge in [-0.05, 0) is 47.5 Å². The van der Waals surface area contributed by atoms with Crippen molar-refractivity contribution in [2.45, 2.75) is 13.0 Å². The highest BCUT2D eigenvalue weighted by atomic mass is 32.1. The predicted molar refractivity (Wildman–Crippen MR) is 79.3 cm³/mol. The third-order valence-corrected chi connectivity index (χ3v) is 3.71. The Morgan fingerprint density at radius 1 is 1.11 bits per heavy atom. The Kier molecular flexibility index (Phi) is 3.81. The van der Waals surface area contributed by atoms with E-state index in [0.29, 0.717) is 0 Å². The van der Waals surface area contributed by atoms with E-state index in [1.807, 2.05) is 30.5 Å². The van der Waals surface area contributed by atoms with E-state index >= 15 is 0 Å². The largest absolute Gasteiger partial charge is 0.311 e. The zero-order valence-electron chi connectivity index (χ0n) is 10.5. The van der Waals surface area contributed by atoms with Gasteiger partial charge in [0.25, 0.3) is 0 Å². The van der Waals surface area contributed by atoms with Crippen LogP contribution in [0.3, 0.4) is 0 Å². The molecule has 0 saturated carbocycles. The van der Waals surface area contributed by atoms with E-state index in [4.69, 9.17) is 0 Å². The molecule has 0 bridgehead atoms. The lowest BCUT2D eigenvalue weighted by Crippen LogP contribution is -2.17. The lowest BCUT2D eigenvalue weighted by Gasteiger charge is -2.04. The minimum absolute atomic E-state index is 0.766. The fraction of sp³-hybridized carbons (Fsp3) is 0.200. The number of para-hydroxylation sites is 2. The smallest absolute Gasteiger partial charge is 0.0890 e. The van der Waals surface area contributed by atoms with Crippen molar-refractivity contribution >= 4 is 22.4 Å². The molecule has 0 aliphatic heterocycles. The number of fused-ring (bicyclic) bond motifs is 1. The van der Waals surface area contributed by atoms with Gasteiger partial charge in [0.15, 0.2) is 0 Å². The Hall–Kier alpha value is -1.78. The summed E-state index contributed by atoms with van der Waals surface area (Å²) in [5.74, 6) is 0. The summed E-state index contributed by atoms with van der Waals surface area (Å²) in [4.78, 5) is 9.00. The minimum Gasteiger partial charge on any atom is -0.311 e. The van der Waals surface area contributed by atoms with Crippen molar-refractivity contribution in [2.75, 3.05) is 6.54 Å². The number of thiophene rings is 1. The van der Waals surface area contributed by atoms with Crippen molar-refractivity contribution in [1.29, 1.82) is 0 Å². The van der Waals surface area contributed by atoms with Crippen LogP contribution in [0.2, 0.25) is 0 Å². The topological polar surface area (TPSA) is 37.8 Å². The first-order valence-corrected chi connectivity index (χ1v) is 7.28. The number of rotatable bonds is 5. The first kappa shape index (κ1) is 12.3. The molecule has 2 heterocycles. The molecule has 1 N–H and O–H groups in total. The van der Waals surface area contributed by atoms with Gasteiger partial charge in [-0.2, -0.15) is 11.3 Å². The van der Waals surface area contributed by atoms with Crippen LogP contribution in [0.15, 0.2) is 47.3 Å². The molecular weight excluding hydrogens is 254 g/mol. The van der Waals surface area contributed by atoms with Crippen LogP contribution in [-0.4, -0.2) is 16.5 Å². The van der Waals surface area contributed by atoms with E-state index < -0.39 is 0 Å². The van der Waals surface area contributed by atoms with E-state index in [1.54, 1.807) is 11.3 Å². The second kappa shape index (κ2) is 5.91. The quantitative estimate of drug-likeness (QED) is 0.723. The molecule has 0 fully saturated rings. The Labute approximate surface area is 116 Å². The van der Waals surface area contributed by atoms with Crippen molar-refractivity contribution in [3.8, 4) is 0 Å². The maximum Gasteiger partial charge on any atom is 0.0890 e. The summed E-state index contributed by atoms with van der Waals surface area (Å²) in [7, 11) is 0. The summed E-state index contributed by atoms with van der Waals surface area (Å²) < 4.78 is 0. The van der Waals surface area contributed by atoms with Gasteiger partial charge in [-0.1, -0.05) is 12.1 Å². The molecule has 0 radical (unpaired) electrons. The van der Waals surface area contributed by atoms with Gasteiger partial charge in [0, 0.05) is 6.54 Å². The number of nitrogens with zero attached hydrogens (tertiary/aromatic N) is 2. The van der Waals surface area contributed by atoms with Crippen LogP contribution in [0.25, 0.3) is 11.0 Å². The third-order valence-electron chi connectivity index (χ3n) is 2.98. The summed E-state index contributed by atoms with van der Waals surface area (Å²) >= 11 is 1.75. The molecule has 0 aliphatic rings. The number of benzene rings is 1. The molecule has 96 valence electrons. The average molecular weight is 269 g/mol. The molecule has 0 amide bonds. The highest BCUT2D eigenvalue weighted by Crippen LogP contribution is 2.08. The van der Waals surface area contributed by atoms with Crippen LogP contribution in [-0.2, 0) is 13.0 Å². The number of hydrogen-bond donors (Lipinski definition) is 1. The number of aromatic nitrogens is 2. The highest BCUT2D eigenvalue weighted by Gasteiger charge is 1.99. The van der Waals surface area contributed by atoms with Crippen molar-refractivity contribution in [2.24, 2.45) is 0 Å². The summed E-state index contributed by atoms with van der Waals surface area (Å²) in [5, 5.41) is 7.71. The average Bonchev–Trinajstić information content (AvgIpc) is 2.97. The van der Waals surface area contributed by atoms with E-state index in [9.17, 15) is 0 Å². The first-order chi connectivity index (χ1) is 9.42. The summed E-state index contributed by atoms with van der Waals surface area (Å²) in [6, 6.07) is 10.1. The van der Waals surface area contributed by atoms with E-state index in [-0.39, 0.29) is 0 Å². The van der Waals surface area contributed by atoms with Gasteiger partial charge in [-0.15, -0.1) is 0 Å². The number of hydrogen-bond acceptors (Lipinski definition) is 4. The highest BCUT2D eigenvalue weighted by molar-refractivity contribution is 7.07. The second-order valence-electron chi connectivity index (χ2n) is 4.41. The molecule has 4 heteroatoms. The van der Waals surface area contributed by atoms with Gasteiger partial charge < -0.3 is 5.32 Å². The van der Waals surface area contributed by atoms with Crippen LogP contribution in [0, 0.1) is 0 Å².